The maximum atomic E-state index is 12.3. The van der Waals surface area contributed by atoms with Gasteiger partial charge in [-0.1, -0.05) is 23.2 Å². The van der Waals surface area contributed by atoms with Crippen LogP contribution in [0.25, 0.3) is 22.3 Å². The number of benzene rings is 2. The average molecular weight is 337 g/mol. The van der Waals surface area contributed by atoms with Gasteiger partial charge >= 0.3 is 0 Å². The summed E-state index contributed by atoms with van der Waals surface area (Å²) in [4.78, 5) is 12.3. The van der Waals surface area contributed by atoms with E-state index in [2.05, 4.69) is 0 Å². The van der Waals surface area contributed by atoms with Crippen molar-refractivity contribution in [2.75, 3.05) is 7.11 Å². The third-order valence-electron chi connectivity index (χ3n) is 3.24. The second-order valence-corrected chi connectivity index (χ2v) is 5.45. The Morgan fingerprint density at radius 3 is 2.45 bits per heavy atom. The van der Waals surface area contributed by atoms with Crippen molar-refractivity contribution in [2.45, 2.75) is 0 Å². The Hall–Kier alpha value is -2.17. The van der Waals surface area contributed by atoms with Crippen molar-refractivity contribution >= 4 is 34.2 Å². The van der Waals surface area contributed by atoms with Gasteiger partial charge in [-0.3, -0.25) is 4.79 Å². The van der Waals surface area contributed by atoms with Gasteiger partial charge < -0.3 is 14.3 Å². The normalized spacial score (nSPS) is 10.9. The number of fused-ring (bicyclic) bond motifs is 1. The number of hydrogen-bond acceptors (Lipinski definition) is 4. The zero-order valence-electron chi connectivity index (χ0n) is 11.4. The molecule has 6 heteroatoms. The van der Waals surface area contributed by atoms with Crippen molar-refractivity contribution in [1.82, 2.24) is 0 Å². The van der Waals surface area contributed by atoms with E-state index in [0.29, 0.717) is 16.3 Å². The monoisotopic (exact) mass is 336 g/mol. The quantitative estimate of drug-likeness (QED) is 0.749. The summed E-state index contributed by atoms with van der Waals surface area (Å²) in [5.74, 6) is 0.205. The Bertz CT molecular complexity index is 914. The van der Waals surface area contributed by atoms with Crippen molar-refractivity contribution in [3.8, 4) is 22.8 Å². The molecule has 0 unspecified atom stereocenters. The Balaban J connectivity index is 2.30. The van der Waals surface area contributed by atoms with E-state index in [1.807, 2.05) is 0 Å². The number of aromatic hydroxyl groups is 1. The lowest BCUT2D eigenvalue weighted by Crippen LogP contribution is -2.03. The smallest absolute Gasteiger partial charge is 0.235 e. The van der Waals surface area contributed by atoms with Gasteiger partial charge in [0.15, 0.2) is 11.3 Å². The maximum absolute atomic E-state index is 12.3. The second kappa shape index (κ2) is 5.55. The van der Waals surface area contributed by atoms with Crippen LogP contribution in [0.1, 0.15) is 0 Å². The van der Waals surface area contributed by atoms with E-state index in [4.69, 9.17) is 32.4 Å². The minimum Gasteiger partial charge on any atom is -0.502 e. The molecule has 0 fully saturated rings. The highest BCUT2D eigenvalue weighted by atomic mass is 35.5. The molecular weight excluding hydrogens is 327 g/mol. The van der Waals surface area contributed by atoms with Crippen LogP contribution in [-0.4, -0.2) is 12.2 Å². The van der Waals surface area contributed by atoms with Gasteiger partial charge in [0.2, 0.25) is 11.2 Å². The molecule has 1 aromatic heterocycles. The molecule has 2 aromatic carbocycles. The molecule has 0 bridgehead atoms. The molecule has 3 rings (SSSR count). The molecule has 0 aliphatic rings. The molecule has 22 heavy (non-hydrogen) atoms. The Labute approximate surface area is 135 Å². The molecule has 3 aromatic rings. The van der Waals surface area contributed by atoms with E-state index in [-0.39, 0.29) is 21.8 Å². The molecule has 0 saturated carbocycles. The van der Waals surface area contributed by atoms with E-state index in [1.165, 1.54) is 12.1 Å². The van der Waals surface area contributed by atoms with Gasteiger partial charge in [-0.25, -0.2) is 0 Å². The van der Waals surface area contributed by atoms with Crippen LogP contribution >= 0.6 is 23.2 Å². The summed E-state index contributed by atoms with van der Waals surface area (Å²) in [6.45, 7) is 0. The number of ether oxygens (including phenoxy) is 1. The van der Waals surface area contributed by atoms with E-state index in [1.54, 1.807) is 31.4 Å². The first-order valence-electron chi connectivity index (χ1n) is 6.30. The molecule has 0 aliphatic heterocycles. The molecule has 4 nitrogen and oxygen atoms in total. The lowest BCUT2D eigenvalue weighted by molar-refractivity contribution is 0.414. The van der Waals surface area contributed by atoms with Crippen LogP contribution in [0.2, 0.25) is 10.0 Å². The highest BCUT2D eigenvalue weighted by molar-refractivity contribution is 6.38. The first-order chi connectivity index (χ1) is 10.5. The van der Waals surface area contributed by atoms with E-state index in [9.17, 15) is 9.90 Å². The predicted octanol–water partition coefficient (Wildman–Crippen LogP) is 4.48. The number of methoxy groups -OCH3 is 1. The van der Waals surface area contributed by atoms with Crippen LogP contribution in [0.4, 0.5) is 0 Å². The van der Waals surface area contributed by atoms with Crippen LogP contribution in [-0.2, 0) is 0 Å². The zero-order chi connectivity index (χ0) is 15.9. The molecule has 0 saturated heterocycles. The van der Waals surface area contributed by atoms with E-state index >= 15 is 0 Å². The molecule has 0 radical (unpaired) electrons. The highest BCUT2D eigenvalue weighted by Gasteiger charge is 2.17. The molecule has 112 valence electrons. The predicted molar refractivity (Wildman–Crippen MR) is 86.2 cm³/mol. The SMILES string of the molecule is COc1ccc(-c2oc3c(Cl)cc(Cl)cc3c(=O)c2O)cc1. The summed E-state index contributed by atoms with van der Waals surface area (Å²) in [6.07, 6.45) is 0. The molecule has 1 heterocycles. The largest absolute Gasteiger partial charge is 0.502 e. The first kappa shape index (κ1) is 14.8. The highest BCUT2D eigenvalue weighted by Crippen LogP contribution is 2.34. The minimum absolute atomic E-state index is 0.0457. The molecular formula is C16H10Cl2O4. The fraction of sp³-hybridized carbons (Fsp3) is 0.0625. The third kappa shape index (κ3) is 2.40. The van der Waals surface area contributed by atoms with Gasteiger partial charge in [0.1, 0.15) is 5.75 Å². The molecule has 0 spiro atoms. The van der Waals surface area contributed by atoms with Crippen molar-refractivity contribution in [3.05, 3.63) is 56.7 Å². The van der Waals surface area contributed by atoms with E-state index < -0.39 is 11.2 Å². The summed E-state index contributed by atoms with van der Waals surface area (Å²) in [6, 6.07) is 9.62. The summed E-state index contributed by atoms with van der Waals surface area (Å²) in [7, 11) is 1.55. The summed E-state index contributed by atoms with van der Waals surface area (Å²) >= 11 is 12.0. The van der Waals surface area contributed by atoms with Crippen molar-refractivity contribution < 1.29 is 14.3 Å². The van der Waals surface area contributed by atoms with Crippen molar-refractivity contribution in [1.29, 1.82) is 0 Å². The van der Waals surface area contributed by atoms with Gasteiger partial charge in [0, 0.05) is 10.6 Å². The Morgan fingerprint density at radius 2 is 1.82 bits per heavy atom. The topological polar surface area (TPSA) is 59.7 Å². The zero-order valence-corrected chi connectivity index (χ0v) is 12.9. The van der Waals surface area contributed by atoms with Crippen LogP contribution in [0.15, 0.2) is 45.6 Å². The lowest BCUT2D eigenvalue weighted by atomic mass is 10.1. The van der Waals surface area contributed by atoms with Crippen LogP contribution in [0.5, 0.6) is 11.5 Å². The maximum Gasteiger partial charge on any atom is 0.235 e. The van der Waals surface area contributed by atoms with Gasteiger partial charge in [-0.15, -0.1) is 0 Å². The minimum atomic E-state index is -0.587. The summed E-state index contributed by atoms with van der Waals surface area (Å²) in [5, 5.41) is 10.8. The van der Waals surface area contributed by atoms with Crippen LogP contribution in [0.3, 0.4) is 0 Å². The number of rotatable bonds is 2. The Kier molecular flexibility index (Phi) is 3.72. The van der Waals surface area contributed by atoms with Crippen LogP contribution in [0, 0.1) is 0 Å². The molecule has 0 amide bonds. The Morgan fingerprint density at radius 1 is 1.14 bits per heavy atom. The molecule has 0 atom stereocenters. The second-order valence-electron chi connectivity index (χ2n) is 4.60. The number of hydrogen-bond donors (Lipinski definition) is 1. The summed E-state index contributed by atoms with van der Waals surface area (Å²) in [5.41, 5.74) is 0.125. The van der Waals surface area contributed by atoms with Crippen molar-refractivity contribution in [2.24, 2.45) is 0 Å². The molecule has 1 N–H and O–H groups in total. The third-order valence-corrected chi connectivity index (χ3v) is 3.74. The first-order valence-corrected chi connectivity index (χ1v) is 7.06. The molecule has 0 aliphatic carbocycles. The van der Waals surface area contributed by atoms with Gasteiger partial charge in [-0.05, 0) is 36.4 Å². The fourth-order valence-electron chi connectivity index (χ4n) is 2.15. The van der Waals surface area contributed by atoms with Gasteiger partial charge in [-0.2, -0.15) is 0 Å². The average Bonchev–Trinajstić information content (AvgIpc) is 2.51. The van der Waals surface area contributed by atoms with Gasteiger partial charge in [0.25, 0.3) is 0 Å². The standard InChI is InChI=1S/C16H10Cl2O4/c1-21-10-4-2-8(3-5-10)15-14(20)13(19)11-6-9(17)7-12(18)16(11)22-15/h2-7,20H,1H3. The van der Waals surface area contributed by atoms with Gasteiger partial charge in [0.05, 0.1) is 17.5 Å². The van der Waals surface area contributed by atoms with Crippen molar-refractivity contribution in [3.63, 3.8) is 0 Å². The lowest BCUT2D eigenvalue weighted by Gasteiger charge is -2.08. The summed E-state index contributed by atoms with van der Waals surface area (Å²) < 4.78 is 10.7. The van der Waals surface area contributed by atoms with E-state index in [0.717, 1.165) is 0 Å². The van der Waals surface area contributed by atoms with Crippen LogP contribution < -0.4 is 10.2 Å². The number of halogens is 2. The fourth-order valence-corrected chi connectivity index (χ4v) is 2.68.